The summed E-state index contributed by atoms with van der Waals surface area (Å²) in [5, 5.41) is 0. The highest BCUT2D eigenvalue weighted by molar-refractivity contribution is 5.98. The monoisotopic (exact) mass is 346 g/mol. The second-order valence-corrected chi connectivity index (χ2v) is 7.30. The summed E-state index contributed by atoms with van der Waals surface area (Å²) in [7, 11) is 3.14. The molecule has 25 heavy (non-hydrogen) atoms. The zero-order valence-corrected chi connectivity index (χ0v) is 15.0. The molecule has 1 unspecified atom stereocenters. The van der Waals surface area contributed by atoms with Crippen molar-refractivity contribution in [3.8, 4) is 11.5 Å². The number of carbonyl (C=O) groups is 1. The average molecular weight is 346 g/mol. The third-order valence-electron chi connectivity index (χ3n) is 5.73. The van der Waals surface area contributed by atoms with E-state index < -0.39 is 0 Å². The normalized spacial score (nSPS) is 25.2. The van der Waals surface area contributed by atoms with Gasteiger partial charge in [-0.2, -0.15) is 0 Å². The number of likely N-dealkylation sites (tertiary alicyclic amines) is 2. The molecular formula is C19H26N2O4. The number of benzene rings is 1. The molecule has 0 aromatic heterocycles. The Balaban J connectivity index is 1.42. The number of hydrogen-bond acceptors (Lipinski definition) is 5. The molecule has 0 radical (unpaired) electrons. The Morgan fingerprint density at radius 1 is 1.20 bits per heavy atom. The van der Waals surface area contributed by atoms with Gasteiger partial charge in [0.1, 0.15) is 5.60 Å². The third-order valence-corrected chi connectivity index (χ3v) is 5.73. The third kappa shape index (κ3) is 2.87. The van der Waals surface area contributed by atoms with Crippen LogP contribution >= 0.6 is 0 Å². The molecule has 1 spiro atoms. The molecule has 1 amide bonds. The van der Waals surface area contributed by atoms with E-state index in [9.17, 15) is 4.79 Å². The van der Waals surface area contributed by atoms with Crippen molar-refractivity contribution in [2.45, 2.75) is 30.9 Å². The van der Waals surface area contributed by atoms with Crippen LogP contribution in [0.2, 0.25) is 0 Å². The number of hydrogen-bond donors (Lipinski definition) is 0. The number of rotatable bonds is 4. The van der Waals surface area contributed by atoms with Crippen LogP contribution in [0.1, 0.15) is 29.6 Å². The quantitative estimate of drug-likeness (QED) is 0.832. The van der Waals surface area contributed by atoms with Gasteiger partial charge in [-0.25, -0.2) is 0 Å². The number of nitrogens with zero attached hydrogens (tertiary/aromatic N) is 2. The van der Waals surface area contributed by atoms with Crippen LogP contribution in [-0.2, 0) is 4.74 Å². The molecule has 3 aliphatic heterocycles. The molecule has 0 aliphatic carbocycles. The Kier molecular flexibility index (Phi) is 4.33. The standard InChI is InChI=1S/C19H26N2O4/c1-23-16-7-5-6-15(17(16)24-2)18(22)21-12-19(13-21)10-14(11-25-19)20-8-3-4-9-20/h5-7,14H,3-4,8-13H2,1-2H3. The molecule has 1 atom stereocenters. The molecular weight excluding hydrogens is 320 g/mol. The summed E-state index contributed by atoms with van der Waals surface area (Å²) in [6.07, 6.45) is 3.62. The summed E-state index contributed by atoms with van der Waals surface area (Å²) in [6.45, 7) is 4.50. The Labute approximate surface area is 148 Å². The van der Waals surface area contributed by atoms with Gasteiger partial charge in [-0.1, -0.05) is 6.07 Å². The van der Waals surface area contributed by atoms with E-state index in [0.29, 0.717) is 36.2 Å². The zero-order valence-electron chi connectivity index (χ0n) is 15.0. The Morgan fingerprint density at radius 2 is 1.96 bits per heavy atom. The lowest BCUT2D eigenvalue weighted by Gasteiger charge is -2.47. The molecule has 3 heterocycles. The van der Waals surface area contributed by atoms with Crippen LogP contribution in [0.3, 0.4) is 0 Å². The lowest BCUT2D eigenvalue weighted by molar-refractivity contribution is -0.0951. The van der Waals surface area contributed by atoms with E-state index in [0.717, 1.165) is 13.0 Å². The SMILES string of the molecule is COc1cccc(C(=O)N2CC3(CC(N4CCCC4)CO3)C2)c1OC. The van der Waals surface area contributed by atoms with Crippen LogP contribution in [0, 0.1) is 0 Å². The molecule has 3 aliphatic rings. The van der Waals surface area contributed by atoms with E-state index in [2.05, 4.69) is 4.90 Å². The minimum Gasteiger partial charge on any atom is -0.493 e. The van der Waals surface area contributed by atoms with Gasteiger partial charge in [-0.05, 0) is 44.5 Å². The van der Waals surface area contributed by atoms with Crippen molar-refractivity contribution < 1.29 is 19.0 Å². The summed E-state index contributed by atoms with van der Waals surface area (Å²) in [6, 6.07) is 5.93. The van der Waals surface area contributed by atoms with E-state index in [-0.39, 0.29) is 11.5 Å². The zero-order chi connectivity index (χ0) is 17.4. The molecule has 1 aromatic carbocycles. The maximum Gasteiger partial charge on any atom is 0.257 e. The number of carbonyl (C=O) groups excluding carboxylic acids is 1. The second kappa shape index (κ2) is 6.50. The van der Waals surface area contributed by atoms with Crippen LogP contribution in [0.25, 0.3) is 0 Å². The first kappa shape index (κ1) is 16.7. The summed E-state index contributed by atoms with van der Waals surface area (Å²) in [5.41, 5.74) is 0.403. The van der Waals surface area contributed by atoms with Crippen molar-refractivity contribution in [3.05, 3.63) is 23.8 Å². The van der Waals surface area contributed by atoms with Crippen LogP contribution in [-0.4, -0.2) is 74.4 Å². The predicted octanol–water partition coefficient (Wildman–Crippen LogP) is 1.78. The van der Waals surface area contributed by atoms with Gasteiger partial charge in [-0.15, -0.1) is 0 Å². The van der Waals surface area contributed by atoms with Crippen LogP contribution in [0.5, 0.6) is 11.5 Å². The minimum absolute atomic E-state index is 0.0189. The molecule has 0 bridgehead atoms. The summed E-state index contributed by atoms with van der Waals surface area (Å²) in [5.74, 6) is 1.06. The van der Waals surface area contributed by atoms with Gasteiger partial charge >= 0.3 is 0 Å². The maximum absolute atomic E-state index is 12.9. The molecule has 136 valence electrons. The number of ether oxygens (including phenoxy) is 3. The fraction of sp³-hybridized carbons (Fsp3) is 0.632. The van der Waals surface area contributed by atoms with Crippen LogP contribution in [0.4, 0.5) is 0 Å². The van der Waals surface area contributed by atoms with Gasteiger partial charge < -0.3 is 19.1 Å². The van der Waals surface area contributed by atoms with Crippen LogP contribution in [0.15, 0.2) is 18.2 Å². The highest BCUT2D eigenvalue weighted by Crippen LogP contribution is 2.40. The smallest absolute Gasteiger partial charge is 0.257 e. The molecule has 6 heteroatoms. The maximum atomic E-state index is 12.9. The first-order valence-electron chi connectivity index (χ1n) is 9.04. The van der Waals surface area contributed by atoms with Crippen molar-refractivity contribution in [3.63, 3.8) is 0 Å². The molecule has 4 rings (SSSR count). The van der Waals surface area contributed by atoms with Crippen molar-refractivity contribution in [2.24, 2.45) is 0 Å². The average Bonchev–Trinajstić information content (AvgIpc) is 3.28. The first-order chi connectivity index (χ1) is 12.2. The fourth-order valence-corrected chi connectivity index (χ4v) is 4.40. The molecule has 1 aromatic rings. The van der Waals surface area contributed by atoms with Crippen molar-refractivity contribution >= 4 is 5.91 Å². The number of methoxy groups -OCH3 is 2. The van der Waals surface area contributed by atoms with Crippen LogP contribution < -0.4 is 9.47 Å². The first-order valence-corrected chi connectivity index (χ1v) is 9.04. The van der Waals surface area contributed by atoms with Gasteiger partial charge in [0.2, 0.25) is 0 Å². The summed E-state index contributed by atoms with van der Waals surface area (Å²) < 4.78 is 16.8. The molecule has 0 saturated carbocycles. The van der Waals surface area contributed by atoms with E-state index in [4.69, 9.17) is 14.2 Å². The Morgan fingerprint density at radius 3 is 2.64 bits per heavy atom. The highest BCUT2D eigenvalue weighted by Gasteiger charge is 2.52. The van der Waals surface area contributed by atoms with Crippen molar-refractivity contribution in [2.75, 3.05) is 47.0 Å². The van der Waals surface area contributed by atoms with Gasteiger partial charge in [0.05, 0.1) is 39.5 Å². The van der Waals surface area contributed by atoms with E-state index in [1.807, 2.05) is 11.0 Å². The largest absolute Gasteiger partial charge is 0.493 e. The van der Waals surface area contributed by atoms with Gasteiger partial charge in [0.15, 0.2) is 11.5 Å². The Hall–Kier alpha value is -1.79. The van der Waals surface area contributed by atoms with Crippen molar-refractivity contribution in [1.29, 1.82) is 0 Å². The summed E-state index contributed by atoms with van der Waals surface area (Å²) >= 11 is 0. The van der Waals surface area contributed by atoms with Gasteiger partial charge in [0, 0.05) is 6.04 Å². The van der Waals surface area contributed by atoms with Gasteiger partial charge in [-0.3, -0.25) is 9.69 Å². The topological polar surface area (TPSA) is 51.2 Å². The van der Waals surface area contributed by atoms with Crippen molar-refractivity contribution in [1.82, 2.24) is 9.80 Å². The van der Waals surface area contributed by atoms with E-state index in [1.54, 1.807) is 26.4 Å². The lowest BCUT2D eigenvalue weighted by Crippen LogP contribution is -2.63. The number of amides is 1. The molecule has 0 N–H and O–H groups in total. The molecule has 3 fully saturated rings. The summed E-state index contributed by atoms with van der Waals surface area (Å²) in [4.78, 5) is 17.3. The molecule has 6 nitrogen and oxygen atoms in total. The minimum atomic E-state index is -0.144. The number of para-hydroxylation sites is 1. The predicted molar refractivity (Wildman–Crippen MR) is 93.3 cm³/mol. The van der Waals surface area contributed by atoms with E-state index >= 15 is 0 Å². The molecule has 3 saturated heterocycles. The van der Waals surface area contributed by atoms with E-state index in [1.165, 1.54) is 25.9 Å². The second-order valence-electron chi connectivity index (χ2n) is 7.30. The fourth-order valence-electron chi connectivity index (χ4n) is 4.40. The Bertz CT molecular complexity index is 651. The van der Waals surface area contributed by atoms with Gasteiger partial charge in [0.25, 0.3) is 5.91 Å². The lowest BCUT2D eigenvalue weighted by atomic mass is 9.88. The highest BCUT2D eigenvalue weighted by atomic mass is 16.5.